The third kappa shape index (κ3) is 3.40. The molecule has 2 nitrogen and oxygen atoms in total. The molecule has 2 rings (SSSR count). The predicted molar refractivity (Wildman–Crippen MR) is 75.8 cm³/mol. The molecule has 0 N–H and O–H groups in total. The molecule has 0 aliphatic carbocycles. The standard InChI is InChI=1S/C14H15ClO2S/c1-2-16-14-8-11(9-15)5-6-13(14)17-10-12-4-3-7-18-12/h3-8H,2,9-10H2,1H3. The van der Waals surface area contributed by atoms with Gasteiger partial charge in [-0.05, 0) is 36.1 Å². The van der Waals surface area contributed by atoms with E-state index in [4.69, 9.17) is 21.1 Å². The Balaban J connectivity index is 2.10. The third-order valence-electron chi connectivity index (χ3n) is 2.41. The lowest BCUT2D eigenvalue weighted by atomic mass is 10.2. The topological polar surface area (TPSA) is 18.5 Å². The summed E-state index contributed by atoms with van der Waals surface area (Å²) < 4.78 is 11.3. The summed E-state index contributed by atoms with van der Waals surface area (Å²) in [6.45, 7) is 3.13. The van der Waals surface area contributed by atoms with Crippen LogP contribution in [0, 0.1) is 0 Å². The average Bonchev–Trinajstić information content (AvgIpc) is 2.90. The molecule has 0 aliphatic heterocycles. The van der Waals surface area contributed by atoms with Crippen LogP contribution < -0.4 is 9.47 Å². The summed E-state index contributed by atoms with van der Waals surface area (Å²) in [4.78, 5) is 1.19. The average molecular weight is 283 g/mol. The maximum Gasteiger partial charge on any atom is 0.161 e. The van der Waals surface area contributed by atoms with Crippen LogP contribution in [0.15, 0.2) is 35.7 Å². The van der Waals surface area contributed by atoms with E-state index < -0.39 is 0 Å². The third-order valence-corrected chi connectivity index (χ3v) is 3.57. The second kappa shape index (κ2) is 6.66. The molecule has 1 heterocycles. The maximum absolute atomic E-state index is 5.81. The van der Waals surface area contributed by atoms with Crippen molar-refractivity contribution in [3.05, 3.63) is 46.2 Å². The fourth-order valence-electron chi connectivity index (χ4n) is 1.57. The molecule has 18 heavy (non-hydrogen) atoms. The molecule has 0 bridgehead atoms. The van der Waals surface area contributed by atoms with Gasteiger partial charge in [0.15, 0.2) is 11.5 Å². The Morgan fingerprint density at radius 2 is 2.06 bits per heavy atom. The van der Waals surface area contributed by atoms with E-state index >= 15 is 0 Å². The molecule has 2 aromatic rings. The Bertz CT molecular complexity index is 483. The van der Waals surface area contributed by atoms with E-state index in [0.717, 1.165) is 17.1 Å². The maximum atomic E-state index is 5.81. The number of hydrogen-bond acceptors (Lipinski definition) is 3. The molecule has 0 unspecified atom stereocenters. The Morgan fingerprint density at radius 1 is 1.17 bits per heavy atom. The fourth-order valence-corrected chi connectivity index (χ4v) is 2.35. The van der Waals surface area contributed by atoms with Crippen LogP contribution in [0.2, 0.25) is 0 Å². The van der Waals surface area contributed by atoms with Crippen molar-refractivity contribution in [1.82, 2.24) is 0 Å². The number of rotatable bonds is 6. The quantitative estimate of drug-likeness (QED) is 0.728. The summed E-state index contributed by atoms with van der Waals surface area (Å²) >= 11 is 7.50. The highest BCUT2D eigenvalue weighted by Gasteiger charge is 2.06. The number of halogens is 1. The number of hydrogen-bond donors (Lipinski definition) is 0. The zero-order valence-electron chi connectivity index (χ0n) is 10.2. The van der Waals surface area contributed by atoms with Gasteiger partial charge >= 0.3 is 0 Å². The molecule has 0 fully saturated rings. The number of alkyl halides is 1. The highest BCUT2D eigenvalue weighted by Crippen LogP contribution is 2.30. The molecule has 4 heteroatoms. The van der Waals surface area contributed by atoms with Crippen molar-refractivity contribution in [2.45, 2.75) is 19.4 Å². The molecule has 1 aromatic heterocycles. The van der Waals surface area contributed by atoms with Crippen LogP contribution in [-0.2, 0) is 12.5 Å². The van der Waals surface area contributed by atoms with Crippen molar-refractivity contribution >= 4 is 22.9 Å². The first-order chi connectivity index (χ1) is 8.83. The summed E-state index contributed by atoms with van der Waals surface area (Å²) in [5.74, 6) is 2.00. The second-order valence-corrected chi connectivity index (χ2v) is 5.02. The van der Waals surface area contributed by atoms with Crippen molar-refractivity contribution in [2.24, 2.45) is 0 Å². The minimum Gasteiger partial charge on any atom is -0.490 e. The molecule has 96 valence electrons. The van der Waals surface area contributed by atoms with Crippen molar-refractivity contribution in [3.8, 4) is 11.5 Å². The first-order valence-corrected chi connectivity index (χ1v) is 7.21. The van der Waals surface area contributed by atoms with Crippen LogP contribution in [-0.4, -0.2) is 6.61 Å². The van der Waals surface area contributed by atoms with Gasteiger partial charge in [0, 0.05) is 10.8 Å². The van der Waals surface area contributed by atoms with Crippen LogP contribution in [0.5, 0.6) is 11.5 Å². The molecular formula is C14H15ClO2S. The summed E-state index contributed by atoms with van der Waals surface area (Å²) in [5, 5.41) is 2.04. The summed E-state index contributed by atoms with van der Waals surface area (Å²) in [6.07, 6.45) is 0. The molecule has 0 radical (unpaired) electrons. The number of thiophene rings is 1. The minimum atomic E-state index is 0.477. The Kier molecular flexibility index (Phi) is 4.90. The van der Waals surface area contributed by atoms with Gasteiger partial charge in [-0.3, -0.25) is 0 Å². The largest absolute Gasteiger partial charge is 0.490 e. The summed E-state index contributed by atoms with van der Waals surface area (Å²) in [6, 6.07) is 9.87. The van der Waals surface area contributed by atoms with Gasteiger partial charge in [-0.1, -0.05) is 12.1 Å². The first-order valence-electron chi connectivity index (χ1n) is 5.80. The second-order valence-electron chi connectivity index (χ2n) is 3.72. The van der Waals surface area contributed by atoms with E-state index in [1.165, 1.54) is 4.88 Å². The predicted octanol–water partition coefficient (Wildman–Crippen LogP) is 4.46. The zero-order valence-corrected chi connectivity index (χ0v) is 11.8. The van der Waals surface area contributed by atoms with Crippen molar-refractivity contribution < 1.29 is 9.47 Å². The van der Waals surface area contributed by atoms with Crippen LogP contribution in [0.1, 0.15) is 17.4 Å². The lowest BCUT2D eigenvalue weighted by molar-refractivity contribution is 0.271. The monoisotopic (exact) mass is 282 g/mol. The van der Waals surface area contributed by atoms with E-state index in [1.54, 1.807) is 11.3 Å². The molecule has 0 spiro atoms. The van der Waals surface area contributed by atoms with Gasteiger partial charge in [0.1, 0.15) is 6.61 Å². The Labute approximate surface area is 116 Å². The number of benzene rings is 1. The van der Waals surface area contributed by atoms with Gasteiger partial charge in [0.25, 0.3) is 0 Å². The molecule has 0 atom stereocenters. The van der Waals surface area contributed by atoms with E-state index in [9.17, 15) is 0 Å². The molecule has 0 saturated carbocycles. The summed E-state index contributed by atoms with van der Waals surface area (Å²) in [7, 11) is 0. The minimum absolute atomic E-state index is 0.477. The normalized spacial score (nSPS) is 10.3. The van der Waals surface area contributed by atoms with Gasteiger partial charge in [-0.25, -0.2) is 0 Å². The van der Waals surface area contributed by atoms with Gasteiger partial charge < -0.3 is 9.47 Å². The molecule has 0 saturated heterocycles. The van der Waals surface area contributed by atoms with Crippen LogP contribution >= 0.6 is 22.9 Å². The Morgan fingerprint density at radius 3 is 2.72 bits per heavy atom. The van der Waals surface area contributed by atoms with Gasteiger partial charge in [0.05, 0.1) is 6.61 Å². The lowest BCUT2D eigenvalue weighted by Crippen LogP contribution is -1.99. The zero-order chi connectivity index (χ0) is 12.8. The summed E-state index contributed by atoms with van der Waals surface area (Å²) in [5.41, 5.74) is 1.03. The smallest absolute Gasteiger partial charge is 0.161 e. The van der Waals surface area contributed by atoms with Crippen LogP contribution in [0.4, 0.5) is 0 Å². The first kappa shape index (κ1) is 13.2. The highest BCUT2D eigenvalue weighted by atomic mass is 35.5. The molecule has 0 aliphatic rings. The van der Waals surface area contributed by atoms with E-state index in [0.29, 0.717) is 19.1 Å². The fraction of sp³-hybridized carbons (Fsp3) is 0.286. The molecule has 0 amide bonds. The SMILES string of the molecule is CCOc1cc(CCl)ccc1OCc1cccs1. The lowest BCUT2D eigenvalue weighted by Gasteiger charge is -2.12. The van der Waals surface area contributed by atoms with E-state index in [1.807, 2.05) is 36.6 Å². The van der Waals surface area contributed by atoms with Crippen molar-refractivity contribution in [1.29, 1.82) is 0 Å². The Hall–Kier alpha value is -1.19. The number of ether oxygens (including phenoxy) is 2. The van der Waals surface area contributed by atoms with Crippen LogP contribution in [0.25, 0.3) is 0 Å². The van der Waals surface area contributed by atoms with Gasteiger partial charge in [0.2, 0.25) is 0 Å². The molecule has 1 aromatic carbocycles. The van der Waals surface area contributed by atoms with E-state index in [-0.39, 0.29) is 0 Å². The van der Waals surface area contributed by atoms with Crippen LogP contribution in [0.3, 0.4) is 0 Å². The van der Waals surface area contributed by atoms with Gasteiger partial charge in [-0.15, -0.1) is 22.9 Å². The highest BCUT2D eigenvalue weighted by molar-refractivity contribution is 7.09. The van der Waals surface area contributed by atoms with Gasteiger partial charge in [-0.2, -0.15) is 0 Å². The molecular weight excluding hydrogens is 268 g/mol. The van der Waals surface area contributed by atoms with Crippen molar-refractivity contribution in [2.75, 3.05) is 6.61 Å². The van der Waals surface area contributed by atoms with Crippen molar-refractivity contribution in [3.63, 3.8) is 0 Å². The van der Waals surface area contributed by atoms with E-state index in [2.05, 4.69) is 6.07 Å².